The number of carbonyl (C=O) groups excluding carboxylic acids is 1. The number of rotatable bonds is 8. The van der Waals surface area contributed by atoms with Gasteiger partial charge >= 0.3 is 0 Å². The molecule has 8 nitrogen and oxygen atoms in total. The van der Waals surface area contributed by atoms with Crippen molar-refractivity contribution >= 4 is 34.6 Å². The standard InChI is InChI=1S/C20H24ClN5O3/c21-18-3-1-2-4-19(18)25-13-11-24(12-14-25)15-20(27)23-10-9-22-16-5-7-17(8-6-16)26(28)29/h1-8,22H,9-15H2,(H,23,27)/p+1. The minimum Gasteiger partial charge on any atom is -0.383 e. The second kappa shape index (κ2) is 10.1. The van der Waals surface area contributed by atoms with Crippen LogP contribution in [0.1, 0.15) is 0 Å². The van der Waals surface area contributed by atoms with Crippen LogP contribution in [0.15, 0.2) is 48.5 Å². The van der Waals surface area contributed by atoms with E-state index in [1.807, 2.05) is 24.3 Å². The Balaban J connectivity index is 1.33. The van der Waals surface area contributed by atoms with Crippen LogP contribution in [0.3, 0.4) is 0 Å². The number of nitrogens with zero attached hydrogens (tertiary/aromatic N) is 2. The molecule has 3 rings (SSSR count). The summed E-state index contributed by atoms with van der Waals surface area (Å²) in [6.45, 7) is 5.02. The molecule has 1 aliphatic heterocycles. The van der Waals surface area contributed by atoms with Crippen LogP contribution in [0.2, 0.25) is 5.02 Å². The molecule has 0 aromatic heterocycles. The van der Waals surface area contributed by atoms with Crippen molar-refractivity contribution in [3.63, 3.8) is 0 Å². The van der Waals surface area contributed by atoms with E-state index in [2.05, 4.69) is 15.5 Å². The zero-order valence-electron chi connectivity index (χ0n) is 16.1. The van der Waals surface area contributed by atoms with Gasteiger partial charge in [-0.3, -0.25) is 14.9 Å². The van der Waals surface area contributed by atoms with E-state index in [0.717, 1.165) is 42.6 Å². The number of piperazine rings is 1. The lowest BCUT2D eigenvalue weighted by Crippen LogP contribution is -3.16. The molecule has 0 bridgehead atoms. The molecule has 1 heterocycles. The number of nitrogens with one attached hydrogen (secondary N) is 3. The zero-order valence-corrected chi connectivity index (χ0v) is 16.8. The number of benzene rings is 2. The number of halogens is 1. The van der Waals surface area contributed by atoms with Gasteiger partial charge in [0.1, 0.15) is 0 Å². The molecule has 0 unspecified atom stereocenters. The quantitative estimate of drug-likeness (QED) is 0.340. The molecule has 1 aliphatic rings. The van der Waals surface area contributed by atoms with Gasteiger partial charge in [0, 0.05) is 30.9 Å². The van der Waals surface area contributed by atoms with E-state index in [1.54, 1.807) is 12.1 Å². The number of nitro groups is 1. The second-order valence-electron chi connectivity index (χ2n) is 6.95. The molecule has 2 aromatic carbocycles. The Bertz CT molecular complexity index is 838. The molecule has 1 saturated heterocycles. The highest BCUT2D eigenvalue weighted by molar-refractivity contribution is 6.33. The number of hydrogen-bond acceptors (Lipinski definition) is 5. The maximum absolute atomic E-state index is 12.2. The van der Waals surface area contributed by atoms with Crippen LogP contribution in [0.5, 0.6) is 0 Å². The second-order valence-corrected chi connectivity index (χ2v) is 7.35. The van der Waals surface area contributed by atoms with Crippen LogP contribution in [0.25, 0.3) is 0 Å². The van der Waals surface area contributed by atoms with Crippen molar-refractivity contribution in [2.45, 2.75) is 0 Å². The van der Waals surface area contributed by atoms with Crippen molar-refractivity contribution in [3.8, 4) is 0 Å². The first-order valence-electron chi connectivity index (χ1n) is 9.61. The normalized spacial score (nSPS) is 14.4. The first-order chi connectivity index (χ1) is 14.0. The third-order valence-electron chi connectivity index (χ3n) is 4.93. The summed E-state index contributed by atoms with van der Waals surface area (Å²) in [7, 11) is 0. The molecule has 1 fully saturated rings. The van der Waals surface area contributed by atoms with E-state index in [9.17, 15) is 14.9 Å². The number of amides is 1. The first-order valence-corrected chi connectivity index (χ1v) is 9.99. The molecule has 0 atom stereocenters. The molecule has 0 spiro atoms. The SMILES string of the molecule is O=C(C[NH+]1CCN(c2ccccc2Cl)CC1)NCCNc1ccc([N+](=O)[O-])cc1. The Morgan fingerprint density at radius 3 is 2.45 bits per heavy atom. The van der Waals surface area contributed by atoms with Crippen molar-refractivity contribution in [3.05, 3.63) is 63.7 Å². The van der Waals surface area contributed by atoms with E-state index in [1.165, 1.54) is 17.0 Å². The van der Waals surface area contributed by atoms with Gasteiger partial charge in [0.25, 0.3) is 11.6 Å². The van der Waals surface area contributed by atoms with Crippen LogP contribution in [-0.2, 0) is 4.79 Å². The molecule has 154 valence electrons. The average Bonchev–Trinajstić information content (AvgIpc) is 2.73. The maximum Gasteiger partial charge on any atom is 0.275 e. The average molecular weight is 419 g/mol. The molecule has 0 aliphatic carbocycles. The van der Waals surface area contributed by atoms with Crippen LogP contribution < -0.4 is 20.4 Å². The number of carbonyl (C=O) groups is 1. The Kier molecular flexibility index (Phi) is 7.26. The molecule has 29 heavy (non-hydrogen) atoms. The monoisotopic (exact) mass is 418 g/mol. The van der Waals surface area contributed by atoms with Gasteiger partial charge in [-0.15, -0.1) is 0 Å². The summed E-state index contributed by atoms with van der Waals surface area (Å²) in [4.78, 5) is 25.9. The molecule has 0 radical (unpaired) electrons. The number of non-ortho nitro benzene ring substituents is 1. The first kappa shape index (κ1) is 20.9. The molecular weight excluding hydrogens is 394 g/mol. The van der Waals surface area contributed by atoms with Crippen molar-refractivity contribution in [1.29, 1.82) is 0 Å². The molecular formula is C20H25ClN5O3+. The van der Waals surface area contributed by atoms with Gasteiger partial charge in [-0.25, -0.2) is 0 Å². The number of anilines is 2. The lowest BCUT2D eigenvalue weighted by atomic mass is 10.2. The van der Waals surface area contributed by atoms with Gasteiger partial charge in [0.15, 0.2) is 6.54 Å². The summed E-state index contributed by atoms with van der Waals surface area (Å²) in [6, 6.07) is 14.0. The van der Waals surface area contributed by atoms with Crippen LogP contribution in [-0.4, -0.2) is 56.6 Å². The largest absolute Gasteiger partial charge is 0.383 e. The maximum atomic E-state index is 12.2. The third kappa shape index (κ3) is 6.07. The Morgan fingerprint density at radius 2 is 1.79 bits per heavy atom. The number of hydrogen-bond donors (Lipinski definition) is 3. The van der Waals surface area contributed by atoms with E-state index in [4.69, 9.17) is 11.6 Å². The number of nitro benzene ring substituents is 1. The van der Waals surface area contributed by atoms with E-state index >= 15 is 0 Å². The number of para-hydroxylation sites is 1. The molecule has 3 N–H and O–H groups in total. The highest BCUT2D eigenvalue weighted by Crippen LogP contribution is 2.24. The summed E-state index contributed by atoms with van der Waals surface area (Å²) in [6.07, 6.45) is 0. The summed E-state index contributed by atoms with van der Waals surface area (Å²) in [5.74, 6) is 0.0247. The summed E-state index contributed by atoms with van der Waals surface area (Å²) in [5.41, 5.74) is 1.89. The fraction of sp³-hybridized carbons (Fsp3) is 0.350. The molecule has 9 heteroatoms. The van der Waals surface area contributed by atoms with Gasteiger partial charge in [-0.05, 0) is 24.3 Å². The van der Waals surface area contributed by atoms with E-state index in [0.29, 0.717) is 19.6 Å². The van der Waals surface area contributed by atoms with Gasteiger partial charge in [-0.2, -0.15) is 0 Å². The minimum absolute atomic E-state index is 0.0247. The molecule has 2 aromatic rings. The minimum atomic E-state index is -0.430. The van der Waals surface area contributed by atoms with E-state index < -0.39 is 4.92 Å². The lowest BCUT2D eigenvalue weighted by Gasteiger charge is -2.33. The third-order valence-corrected chi connectivity index (χ3v) is 5.25. The molecule has 0 saturated carbocycles. The van der Waals surface area contributed by atoms with Crippen molar-refractivity contribution < 1.29 is 14.6 Å². The van der Waals surface area contributed by atoms with Crippen molar-refractivity contribution in [2.24, 2.45) is 0 Å². The highest BCUT2D eigenvalue weighted by Gasteiger charge is 2.23. The van der Waals surface area contributed by atoms with Crippen LogP contribution >= 0.6 is 11.6 Å². The van der Waals surface area contributed by atoms with Gasteiger partial charge < -0.3 is 20.4 Å². The molecule has 1 amide bonds. The predicted octanol–water partition coefficient (Wildman–Crippen LogP) is 1.18. The fourth-order valence-electron chi connectivity index (χ4n) is 3.35. The van der Waals surface area contributed by atoms with Crippen LogP contribution in [0.4, 0.5) is 17.1 Å². The predicted molar refractivity (Wildman–Crippen MR) is 114 cm³/mol. The van der Waals surface area contributed by atoms with E-state index in [-0.39, 0.29) is 11.6 Å². The summed E-state index contributed by atoms with van der Waals surface area (Å²) in [5, 5.41) is 17.5. The van der Waals surface area contributed by atoms with Crippen LogP contribution in [0, 0.1) is 10.1 Å². The lowest BCUT2D eigenvalue weighted by molar-refractivity contribution is -0.892. The Hall–Kier alpha value is -2.84. The van der Waals surface area contributed by atoms with Gasteiger partial charge in [0.2, 0.25) is 0 Å². The van der Waals surface area contributed by atoms with Gasteiger partial charge in [-0.1, -0.05) is 23.7 Å². The topological polar surface area (TPSA) is 92.0 Å². The fourth-order valence-corrected chi connectivity index (χ4v) is 3.60. The highest BCUT2D eigenvalue weighted by atomic mass is 35.5. The summed E-state index contributed by atoms with van der Waals surface area (Å²) >= 11 is 6.27. The van der Waals surface area contributed by atoms with Crippen molar-refractivity contribution in [1.82, 2.24) is 5.32 Å². The Morgan fingerprint density at radius 1 is 1.10 bits per heavy atom. The smallest absolute Gasteiger partial charge is 0.275 e. The Labute approximate surface area is 174 Å². The number of quaternary nitrogens is 1. The van der Waals surface area contributed by atoms with Gasteiger partial charge in [0.05, 0.1) is 41.8 Å². The summed E-state index contributed by atoms with van der Waals surface area (Å²) < 4.78 is 0. The van der Waals surface area contributed by atoms with Crippen molar-refractivity contribution in [2.75, 3.05) is 56.0 Å². The zero-order chi connectivity index (χ0) is 20.6.